The molecule has 23 heavy (non-hydrogen) atoms. The number of rotatable bonds is 4. The van der Waals surface area contributed by atoms with Crippen LogP contribution in [0.25, 0.3) is 0 Å². The first kappa shape index (κ1) is 15.7. The molecule has 0 atom stereocenters. The normalized spacial score (nSPS) is 16.0. The molecule has 2 aromatic heterocycles. The van der Waals surface area contributed by atoms with E-state index in [9.17, 15) is 4.79 Å². The first-order chi connectivity index (χ1) is 11.0. The summed E-state index contributed by atoms with van der Waals surface area (Å²) in [6.45, 7) is 6.92. The highest BCUT2D eigenvalue weighted by Gasteiger charge is 2.28. The van der Waals surface area contributed by atoms with Crippen LogP contribution in [0.1, 0.15) is 46.4 Å². The molecular formula is C15H20N4O4. The number of carbonyl (C=O) groups excluding carboxylic acids is 1. The number of aryl methyl sites for hydroxylation is 3. The van der Waals surface area contributed by atoms with Crippen molar-refractivity contribution in [2.24, 2.45) is 0 Å². The maximum Gasteiger partial charge on any atom is 0.259 e. The lowest BCUT2D eigenvalue weighted by molar-refractivity contribution is -0.00981. The molecule has 1 aliphatic rings. The summed E-state index contributed by atoms with van der Waals surface area (Å²) in [6, 6.07) is 0. The molecule has 1 saturated heterocycles. The molecule has 0 bridgehead atoms. The van der Waals surface area contributed by atoms with Crippen molar-refractivity contribution >= 4 is 5.91 Å². The molecule has 0 unspecified atom stereocenters. The van der Waals surface area contributed by atoms with E-state index < -0.39 is 0 Å². The predicted molar refractivity (Wildman–Crippen MR) is 78.7 cm³/mol. The standard InChI is InChI=1S/C15H20N4O4/c1-9-14(10(2)22-17-9)15(20)19-6-4-12(5-7-19)21-8-13-16-11(3)18-23-13/h12H,4-8H2,1-3H3. The Kier molecular flexibility index (Phi) is 4.42. The van der Waals surface area contributed by atoms with E-state index in [0.717, 1.165) is 12.8 Å². The number of hydrogen-bond acceptors (Lipinski definition) is 7. The molecule has 124 valence electrons. The van der Waals surface area contributed by atoms with Crippen molar-refractivity contribution in [3.05, 3.63) is 28.7 Å². The van der Waals surface area contributed by atoms with Crippen molar-refractivity contribution in [3.63, 3.8) is 0 Å². The van der Waals surface area contributed by atoms with Gasteiger partial charge >= 0.3 is 0 Å². The number of likely N-dealkylation sites (tertiary alicyclic amines) is 1. The zero-order chi connectivity index (χ0) is 16.4. The molecule has 1 aliphatic heterocycles. The SMILES string of the molecule is Cc1noc(COC2CCN(C(=O)c3c(C)noc3C)CC2)n1. The van der Waals surface area contributed by atoms with Crippen molar-refractivity contribution in [3.8, 4) is 0 Å². The number of aromatic nitrogens is 3. The van der Waals surface area contributed by atoms with Crippen molar-refractivity contribution in [2.75, 3.05) is 13.1 Å². The highest BCUT2D eigenvalue weighted by molar-refractivity contribution is 5.96. The highest BCUT2D eigenvalue weighted by Crippen LogP contribution is 2.20. The molecule has 8 nitrogen and oxygen atoms in total. The van der Waals surface area contributed by atoms with Crippen LogP contribution in [0.15, 0.2) is 9.05 Å². The fourth-order valence-corrected chi connectivity index (χ4v) is 2.76. The minimum absolute atomic E-state index is 0.0211. The third-order valence-corrected chi connectivity index (χ3v) is 3.99. The summed E-state index contributed by atoms with van der Waals surface area (Å²) in [5.41, 5.74) is 1.21. The molecule has 0 N–H and O–H groups in total. The Morgan fingerprint density at radius 2 is 1.96 bits per heavy atom. The van der Waals surface area contributed by atoms with Crippen LogP contribution in [-0.2, 0) is 11.3 Å². The van der Waals surface area contributed by atoms with Crippen LogP contribution in [0, 0.1) is 20.8 Å². The second-order valence-electron chi connectivity index (χ2n) is 5.74. The maximum atomic E-state index is 12.5. The van der Waals surface area contributed by atoms with Crippen LogP contribution in [0.3, 0.4) is 0 Å². The molecule has 1 fully saturated rings. The Hall–Kier alpha value is -2.22. The molecule has 1 amide bonds. The minimum Gasteiger partial charge on any atom is -0.368 e. The van der Waals surface area contributed by atoms with E-state index in [1.807, 2.05) is 4.90 Å². The topological polar surface area (TPSA) is 94.5 Å². The Morgan fingerprint density at radius 3 is 2.52 bits per heavy atom. The van der Waals surface area contributed by atoms with Crippen molar-refractivity contribution in [1.82, 2.24) is 20.2 Å². The monoisotopic (exact) mass is 320 g/mol. The summed E-state index contributed by atoms with van der Waals surface area (Å²) in [4.78, 5) is 18.5. The number of nitrogens with zero attached hydrogens (tertiary/aromatic N) is 4. The molecule has 0 saturated carbocycles. The van der Waals surface area contributed by atoms with Gasteiger partial charge in [-0.2, -0.15) is 4.98 Å². The van der Waals surface area contributed by atoms with Gasteiger partial charge in [0, 0.05) is 13.1 Å². The summed E-state index contributed by atoms with van der Waals surface area (Å²) in [6.07, 6.45) is 1.65. The quantitative estimate of drug-likeness (QED) is 0.847. The number of piperidine rings is 1. The fourth-order valence-electron chi connectivity index (χ4n) is 2.76. The lowest BCUT2D eigenvalue weighted by Crippen LogP contribution is -2.41. The first-order valence-electron chi connectivity index (χ1n) is 7.67. The predicted octanol–water partition coefficient (Wildman–Crippen LogP) is 1.80. The Labute approximate surface area is 133 Å². The zero-order valence-corrected chi connectivity index (χ0v) is 13.5. The van der Waals surface area contributed by atoms with Gasteiger partial charge in [0.05, 0.1) is 11.8 Å². The van der Waals surface area contributed by atoms with Gasteiger partial charge in [0.25, 0.3) is 11.8 Å². The Balaban J connectivity index is 1.51. The molecule has 0 radical (unpaired) electrons. The number of ether oxygens (including phenoxy) is 1. The second kappa shape index (κ2) is 6.49. The lowest BCUT2D eigenvalue weighted by atomic mass is 10.1. The van der Waals surface area contributed by atoms with E-state index in [2.05, 4.69) is 15.3 Å². The highest BCUT2D eigenvalue weighted by atomic mass is 16.5. The van der Waals surface area contributed by atoms with Gasteiger partial charge in [-0.05, 0) is 33.6 Å². The smallest absolute Gasteiger partial charge is 0.259 e. The number of carbonyl (C=O) groups is 1. The van der Waals surface area contributed by atoms with Gasteiger partial charge in [0.2, 0.25) is 0 Å². The molecule has 3 heterocycles. The maximum absolute atomic E-state index is 12.5. The van der Waals surface area contributed by atoms with Gasteiger partial charge in [-0.1, -0.05) is 10.3 Å². The van der Waals surface area contributed by atoms with Crippen LogP contribution in [0.5, 0.6) is 0 Å². The molecule has 0 spiro atoms. The van der Waals surface area contributed by atoms with Crippen LogP contribution in [0.4, 0.5) is 0 Å². The summed E-state index contributed by atoms with van der Waals surface area (Å²) in [5, 5.41) is 7.57. The van der Waals surface area contributed by atoms with Crippen LogP contribution in [-0.4, -0.2) is 45.3 Å². The number of amides is 1. The molecule has 0 aliphatic carbocycles. The van der Waals surface area contributed by atoms with Gasteiger partial charge in [-0.3, -0.25) is 4.79 Å². The third kappa shape index (κ3) is 3.42. The third-order valence-electron chi connectivity index (χ3n) is 3.99. The average molecular weight is 320 g/mol. The second-order valence-corrected chi connectivity index (χ2v) is 5.74. The van der Waals surface area contributed by atoms with E-state index in [-0.39, 0.29) is 12.0 Å². The van der Waals surface area contributed by atoms with Crippen molar-refractivity contribution in [2.45, 2.75) is 46.3 Å². The van der Waals surface area contributed by atoms with Crippen LogP contribution in [0.2, 0.25) is 0 Å². The molecule has 0 aromatic carbocycles. The van der Waals surface area contributed by atoms with E-state index in [1.54, 1.807) is 20.8 Å². The van der Waals surface area contributed by atoms with Gasteiger partial charge in [-0.25, -0.2) is 0 Å². The van der Waals surface area contributed by atoms with Gasteiger partial charge in [0.1, 0.15) is 17.9 Å². The average Bonchev–Trinajstić information content (AvgIpc) is 3.11. The van der Waals surface area contributed by atoms with E-state index in [4.69, 9.17) is 13.8 Å². The zero-order valence-electron chi connectivity index (χ0n) is 13.5. The lowest BCUT2D eigenvalue weighted by Gasteiger charge is -2.31. The van der Waals surface area contributed by atoms with Gasteiger partial charge < -0.3 is 18.7 Å². The van der Waals surface area contributed by atoms with Gasteiger partial charge in [0.15, 0.2) is 5.82 Å². The fraction of sp³-hybridized carbons (Fsp3) is 0.600. The molecule has 8 heteroatoms. The van der Waals surface area contributed by atoms with E-state index in [0.29, 0.717) is 48.4 Å². The summed E-state index contributed by atoms with van der Waals surface area (Å²) in [7, 11) is 0. The van der Waals surface area contributed by atoms with Crippen molar-refractivity contribution in [1.29, 1.82) is 0 Å². The summed E-state index contributed by atoms with van der Waals surface area (Å²) >= 11 is 0. The summed E-state index contributed by atoms with van der Waals surface area (Å²) < 4.78 is 15.9. The Bertz CT molecular complexity index is 666. The molecule has 3 rings (SSSR count). The number of hydrogen-bond donors (Lipinski definition) is 0. The minimum atomic E-state index is -0.0211. The largest absolute Gasteiger partial charge is 0.368 e. The first-order valence-corrected chi connectivity index (χ1v) is 7.67. The van der Waals surface area contributed by atoms with E-state index in [1.165, 1.54) is 0 Å². The van der Waals surface area contributed by atoms with Crippen LogP contribution < -0.4 is 0 Å². The summed E-state index contributed by atoms with van der Waals surface area (Å²) in [5.74, 6) is 1.63. The Morgan fingerprint density at radius 1 is 1.22 bits per heavy atom. The van der Waals surface area contributed by atoms with Crippen LogP contribution >= 0.6 is 0 Å². The molecular weight excluding hydrogens is 300 g/mol. The van der Waals surface area contributed by atoms with E-state index >= 15 is 0 Å². The van der Waals surface area contributed by atoms with Gasteiger partial charge in [-0.15, -0.1) is 0 Å². The van der Waals surface area contributed by atoms with Crippen molar-refractivity contribution < 1.29 is 18.6 Å². The molecule has 2 aromatic rings.